The third kappa shape index (κ3) is 3.35. The van der Waals surface area contributed by atoms with Gasteiger partial charge in [-0.3, -0.25) is 9.59 Å². The number of rotatable bonds is 4. The third-order valence-corrected chi connectivity index (χ3v) is 5.37. The summed E-state index contributed by atoms with van der Waals surface area (Å²) in [5.41, 5.74) is 1.68. The molecule has 4 nitrogen and oxygen atoms in total. The molecule has 3 rings (SSSR count). The summed E-state index contributed by atoms with van der Waals surface area (Å²) >= 11 is 0. The number of hydrogen-bond acceptors (Lipinski definition) is 2. The van der Waals surface area contributed by atoms with E-state index in [4.69, 9.17) is 0 Å². The Labute approximate surface area is 149 Å². The van der Waals surface area contributed by atoms with Gasteiger partial charge in [0.05, 0.1) is 0 Å². The largest absolute Gasteiger partial charge is 0.337 e. The van der Waals surface area contributed by atoms with E-state index < -0.39 is 0 Å². The standard InChI is InChI=1S/C21H28N2O2/c1-14(2)21(25)18-12-22(19-11-6-5-10-17(18)19)13-20(24)23-15(3)8-7-9-16(23)4/h5-6,10-12,14-16H,7-9,13H2,1-4H3. The van der Waals surface area contributed by atoms with Gasteiger partial charge in [0.1, 0.15) is 6.54 Å². The van der Waals surface area contributed by atoms with Crippen LogP contribution < -0.4 is 0 Å². The smallest absolute Gasteiger partial charge is 0.242 e. The van der Waals surface area contributed by atoms with Crippen LogP contribution in [0.15, 0.2) is 30.5 Å². The lowest BCUT2D eigenvalue weighted by Gasteiger charge is -2.39. The van der Waals surface area contributed by atoms with Crippen LogP contribution in [-0.4, -0.2) is 33.2 Å². The van der Waals surface area contributed by atoms with Crippen LogP contribution in [0.1, 0.15) is 57.3 Å². The molecule has 0 aliphatic carbocycles. The van der Waals surface area contributed by atoms with E-state index in [1.54, 1.807) is 0 Å². The molecule has 1 amide bonds. The van der Waals surface area contributed by atoms with Gasteiger partial charge in [-0.15, -0.1) is 0 Å². The number of hydrogen-bond donors (Lipinski definition) is 0. The highest BCUT2D eigenvalue weighted by atomic mass is 16.2. The first-order chi connectivity index (χ1) is 11.9. The molecule has 1 fully saturated rings. The van der Waals surface area contributed by atoms with E-state index in [0.29, 0.717) is 6.54 Å². The Bertz CT molecular complexity index is 780. The number of Topliss-reactive ketones (excluding diaryl/α,β-unsaturated/α-hetero) is 1. The highest BCUT2D eigenvalue weighted by Crippen LogP contribution is 2.26. The Balaban J connectivity index is 1.94. The summed E-state index contributed by atoms with van der Waals surface area (Å²) in [6.07, 6.45) is 5.19. The number of carbonyl (C=O) groups is 2. The van der Waals surface area contributed by atoms with Gasteiger partial charge in [-0.05, 0) is 39.2 Å². The van der Waals surface area contributed by atoms with Crippen LogP contribution in [0.4, 0.5) is 0 Å². The Kier molecular flexibility index (Phi) is 4.98. The fraction of sp³-hybridized carbons (Fsp3) is 0.524. The first-order valence-electron chi connectivity index (χ1n) is 9.33. The second-order valence-electron chi connectivity index (χ2n) is 7.64. The van der Waals surface area contributed by atoms with E-state index >= 15 is 0 Å². The predicted molar refractivity (Wildman–Crippen MR) is 101 cm³/mol. The lowest BCUT2D eigenvalue weighted by molar-refractivity contribution is -0.137. The molecule has 2 unspecified atom stereocenters. The number of aromatic nitrogens is 1. The first kappa shape index (κ1) is 17.7. The van der Waals surface area contributed by atoms with Gasteiger partial charge in [0, 0.05) is 40.7 Å². The van der Waals surface area contributed by atoms with E-state index in [-0.39, 0.29) is 29.7 Å². The number of carbonyl (C=O) groups excluding carboxylic acids is 2. The Morgan fingerprint density at radius 1 is 1.12 bits per heavy atom. The fourth-order valence-corrected chi connectivity index (χ4v) is 4.03. The number of ketones is 1. The summed E-state index contributed by atoms with van der Waals surface area (Å²) in [6.45, 7) is 8.39. The van der Waals surface area contributed by atoms with Crippen molar-refractivity contribution in [2.75, 3.05) is 0 Å². The molecule has 1 saturated heterocycles. The molecule has 0 radical (unpaired) electrons. The number of nitrogens with zero attached hydrogens (tertiary/aromatic N) is 2. The van der Waals surface area contributed by atoms with Crippen molar-refractivity contribution in [3.63, 3.8) is 0 Å². The number of piperidine rings is 1. The van der Waals surface area contributed by atoms with Gasteiger partial charge in [-0.2, -0.15) is 0 Å². The summed E-state index contributed by atoms with van der Waals surface area (Å²) < 4.78 is 1.95. The zero-order chi connectivity index (χ0) is 18.1. The molecule has 0 saturated carbocycles. The average Bonchev–Trinajstić information content (AvgIpc) is 2.92. The van der Waals surface area contributed by atoms with Crippen LogP contribution in [0.2, 0.25) is 0 Å². The van der Waals surface area contributed by atoms with Crippen LogP contribution >= 0.6 is 0 Å². The molecule has 1 aromatic carbocycles. The van der Waals surface area contributed by atoms with Crippen molar-refractivity contribution >= 4 is 22.6 Å². The number of benzene rings is 1. The summed E-state index contributed by atoms with van der Waals surface area (Å²) in [4.78, 5) is 27.5. The van der Waals surface area contributed by atoms with Gasteiger partial charge >= 0.3 is 0 Å². The van der Waals surface area contributed by atoms with Crippen LogP contribution in [0, 0.1) is 5.92 Å². The minimum Gasteiger partial charge on any atom is -0.337 e. The highest BCUT2D eigenvalue weighted by molar-refractivity contribution is 6.09. The zero-order valence-corrected chi connectivity index (χ0v) is 15.7. The molecule has 2 aromatic rings. The number of amides is 1. The van der Waals surface area contributed by atoms with Crippen molar-refractivity contribution in [3.8, 4) is 0 Å². The van der Waals surface area contributed by atoms with Gasteiger partial charge < -0.3 is 9.47 Å². The molecule has 25 heavy (non-hydrogen) atoms. The van der Waals surface area contributed by atoms with Crippen LogP contribution in [0.5, 0.6) is 0 Å². The number of para-hydroxylation sites is 1. The molecule has 0 N–H and O–H groups in total. The number of likely N-dealkylation sites (tertiary alicyclic amines) is 1. The lowest BCUT2D eigenvalue weighted by atomic mass is 9.97. The van der Waals surface area contributed by atoms with E-state index in [0.717, 1.165) is 29.3 Å². The van der Waals surface area contributed by atoms with Gasteiger partial charge in [0.2, 0.25) is 5.91 Å². The van der Waals surface area contributed by atoms with E-state index in [1.807, 2.05) is 53.8 Å². The molecular weight excluding hydrogens is 312 g/mol. The van der Waals surface area contributed by atoms with Crippen molar-refractivity contribution in [2.24, 2.45) is 5.92 Å². The molecule has 134 valence electrons. The van der Waals surface area contributed by atoms with Crippen molar-refractivity contribution in [3.05, 3.63) is 36.0 Å². The van der Waals surface area contributed by atoms with Crippen LogP contribution in [0.3, 0.4) is 0 Å². The fourth-order valence-electron chi connectivity index (χ4n) is 4.03. The normalized spacial score (nSPS) is 21.1. The molecule has 0 spiro atoms. The summed E-state index contributed by atoms with van der Waals surface area (Å²) in [5.74, 6) is 0.211. The second kappa shape index (κ2) is 7.03. The van der Waals surface area contributed by atoms with E-state index in [1.165, 1.54) is 6.42 Å². The van der Waals surface area contributed by atoms with Gasteiger partial charge in [0.25, 0.3) is 0 Å². The van der Waals surface area contributed by atoms with Crippen molar-refractivity contribution in [1.82, 2.24) is 9.47 Å². The topological polar surface area (TPSA) is 42.3 Å². The van der Waals surface area contributed by atoms with E-state index in [2.05, 4.69) is 13.8 Å². The molecule has 2 heterocycles. The van der Waals surface area contributed by atoms with Gasteiger partial charge in [-0.1, -0.05) is 32.0 Å². The summed E-state index contributed by atoms with van der Waals surface area (Å²) in [6, 6.07) is 8.44. The average molecular weight is 340 g/mol. The predicted octanol–water partition coefficient (Wildman–Crippen LogP) is 4.27. The zero-order valence-electron chi connectivity index (χ0n) is 15.7. The molecule has 1 aliphatic rings. The number of fused-ring (bicyclic) bond motifs is 1. The quantitative estimate of drug-likeness (QED) is 0.780. The van der Waals surface area contributed by atoms with Crippen molar-refractivity contribution in [2.45, 2.75) is 65.6 Å². The lowest BCUT2D eigenvalue weighted by Crippen LogP contribution is -2.48. The maximum Gasteiger partial charge on any atom is 0.242 e. The third-order valence-electron chi connectivity index (χ3n) is 5.37. The Hall–Kier alpha value is -2.10. The molecule has 1 aliphatic heterocycles. The molecule has 1 aromatic heterocycles. The maximum absolute atomic E-state index is 13.0. The molecule has 2 atom stereocenters. The van der Waals surface area contributed by atoms with Crippen LogP contribution in [0.25, 0.3) is 10.9 Å². The van der Waals surface area contributed by atoms with Gasteiger partial charge in [-0.25, -0.2) is 0 Å². The van der Waals surface area contributed by atoms with Crippen LogP contribution in [-0.2, 0) is 11.3 Å². The highest BCUT2D eigenvalue weighted by Gasteiger charge is 2.29. The van der Waals surface area contributed by atoms with Crippen molar-refractivity contribution in [1.29, 1.82) is 0 Å². The maximum atomic E-state index is 13.0. The van der Waals surface area contributed by atoms with Crippen molar-refractivity contribution < 1.29 is 9.59 Å². The molecular formula is C21H28N2O2. The summed E-state index contributed by atoms with van der Waals surface area (Å²) in [5, 5.41) is 0.939. The Morgan fingerprint density at radius 2 is 1.76 bits per heavy atom. The molecule has 0 bridgehead atoms. The first-order valence-corrected chi connectivity index (χ1v) is 9.33. The SMILES string of the molecule is CC(C)C(=O)c1cn(CC(=O)N2C(C)CCCC2C)c2ccccc12. The van der Waals surface area contributed by atoms with E-state index in [9.17, 15) is 9.59 Å². The Morgan fingerprint density at radius 3 is 2.40 bits per heavy atom. The van der Waals surface area contributed by atoms with Gasteiger partial charge in [0.15, 0.2) is 5.78 Å². The minimum atomic E-state index is -0.0582. The monoisotopic (exact) mass is 340 g/mol. The second-order valence-corrected chi connectivity index (χ2v) is 7.64. The minimum absolute atomic E-state index is 0.0582. The molecule has 4 heteroatoms. The summed E-state index contributed by atoms with van der Waals surface area (Å²) in [7, 11) is 0.